The molecule has 0 unspecified atom stereocenters. The van der Waals surface area contributed by atoms with Gasteiger partial charge in [-0.25, -0.2) is 17.9 Å². The fraction of sp³-hybridized carbons (Fsp3) is 0.600. The van der Waals surface area contributed by atoms with Crippen molar-refractivity contribution in [1.82, 2.24) is 14.9 Å². The molecule has 0 saturated carbocycles. The Labute approximate surface area is 116 Å². The van der Waals surface area contributed by atoms with E-state index in [1.54, 1.807) is 18.7 Å². The van der Waals surface area contributed by atoms with Gasteiger partial charge in [0, 0.05) is 6.54 Å². The second-order valence-corrected chi connectivity index (χ2v) is 6.27. The number of ether oxygens (including phenoxy) is 1. The zero-order valence-corrected chi connectivity index (χ0v) is 12.4. The first-order valence-corrected chi connectivity index (χ1v) is 8.59. The molecule has 0 bridgehead atoms. The van der Waals surface area contributed by atoms with Crippen molar-refractivity contribution in [2.45, 2.75) is 18.4 Å². The Hall–Kier alpha value is -1.06. The lowest BCUT2D eigenvalue weighted by Gasteiger charge is -2.06. The highest BCUT2D eigenvalue weighted by atomic mass is 32.2. The van der Waals surface area contributed by atoms with Gasteiger partial charge >= 0.3 is 5.97 Å². The molecule has 19 heavy (non-hydrogen) atoms. The Kier molecular flexibility index (Phi) is 6.32. The average molecular weight is 307 g/mol. The SMILES string of the molecule is CCOC(=O)c1cn[nH]c1S(=O)(=O)NCCCSC. The van der Waals surface area contributed by atoms with Crippen LogP contribution in [0.25, 0.3) is 0 Å². The van der Waals surface area contributed by atoms with Gasteiger partial charge in [0.25, 0.3) is 10.0 Å². The van der Waals surface area contributed by atoms with Gasteiger partial charge in [0.05, 0.1) is 12.8 Å². The number of nitrogens with zero attached hydrogens (tertiary/aromatic N) is 1. The summed E-state index contributed by atoms with van der Waals surface area (Å²) in [4.78, 5) is 11.6. The van der Waals surface area contributed by atoms with Gasteiger partial charge in [-0.05, 0) is 25.4 Å². The molecule has 2 N–H and O–H groups in total. The zero-order chi connectivity index (χ0) is 14.3. The van der Waals surface area contributed by atoms with E-state index in [4.69, 9.17) is 4.74 Å². The molecule has 0 aromatic carbocycles. The van der Waals surface area contributed by atoms with Crippen molar-refractivity contribution in [2.75, 3.05) is 25.2 Å². The number of H-pyrrole nitrogens is 1. The van der Waals surface area contributed by atoms with Crippen molar-refractivity contribution >= 4 is 27.8 Å². The molecule has 1 aromatic heterocycles. The van der Waals surface area contributed by atoms with E-state index >= 15 is 0 Å². The van der Waals surface area contributed by atoms with Crippen LogP contribution in [0.1, 0.15) is 23.7 Å². The lowest BCUT2D eigenvalue weighted by Crippen LogP contribution is -2.27. The number of esters is 1. The highest BCUT2D eigenvalue weighted by molar-refractivity contribution is 7.98. The van der Waals surface area contributed by atoms with Crippen LogP contribution in [0.4, 0.5) is 0 Å². The summed E-state index contributed by atoms with van der Waals surface area (Å²) in [7, 11) is -3.77. The third-order valence-corrected chi connectivity index (χ3v) is 4.32. The maximum atomic E-state index is 12.0. The van der Waals surface area contributed by atoms with Gasteiger partial charge in [0.15, 0.2) is 5.03 Å². The van der Waals surface area contributed by atoms with E-state index in [9.17, 15) is 13.2 Å². The molecular weight excluding hydrogens is 290 g/mol. The van der Waals surface area contributed by atoms with Crippen LogP contribution in [0.3, 0.4) is 0 Å². The number of thioether (sulfide) groups is 1. The highest BCUT2D eigenvalue weighted by Crippen LogP contribution is 2.13. The number of aromatic nitrogens is 2. The van der Waals surface area contributed by atoms with E-state index in [0.717, 1.165) is 11.9 Å². The van der Waals surface area contributed by atoms with Crippen LogP contribution in [0.5, 0.6) is 0 Å². The normalized spacial score (nSPS) is 11.5. The Balaban J connectivity index is 2.78. The molecule has 0 aliphatic carbocycles. The Morgan fingerprint density at radius 2 is 2.32 bits per heavy atom. The zero-order valence-electron chi connectivity index (χ0n) is 10.8. The highest BCUT2D eigenvalue weighted by Gasteiger charge is 2.25. The minimum Gasteiger partial charge on any atom is -0.462 e. The van der Waals surface area contributed by atoms with Gasteiger partial charge < -0.3 is 4.74 Å². The number of hydrogen-bond donors (Lipinski definition) is 2. The minimum absolute atomic E-state index is 0.0841. The first kappa shape index (κ1) is 16.0. The lowest BCUT2D eigenvalue weighted by molar-refractivity contribution is 0.0522. The van der Waals surface area contributed by atoms with Crippen LogP contribution in [0, 0.1) is 0 Å². The molecule has 0 aliphatic heterocycles. The van der Waals surface area contributed by atoms with Gasteiger partial charge in [-0.3, -0.25) is 5.10 Å². The molecule has 0 saturated heterocycles. The molecular formula is C10H17N3O4S2. The standard InChI is InChI=1S/C10H17N3O4S2/c1-3-17-10(14)8-7-11-13-9(8)19(15,16)12-5-4-6-18-2/h7,12H,3-6H2,1-2H3,(H,11,13). The van der Waals surface area contributed by atoms with Crippen LogP contribution in [0.15, 0.2) is 11.2 Å². The molecule has 7 nitrogen and oxygen atoms in total. The van der Waals surface area contributed by atoms with Crippen molar-refractivity contribution in [3.8, 4) is 0 Å². The summed E-state index contributed by atoms with van der Waals surface area (Å²) in [6.07, 6.45) is 3.81. The molecule has 0 fully saturated rings. The predicted molar refractivity (Wildman–Crippen MR) is 72.7 cm³/mol. The van der Waals surface area contributed by atoms with Gasteiger partial charge in [-0.2, -0.15) is 16.9 Å². The third-order valence-electron chi connectivity index (χ3n) is 2.19. The largest absolute Gasteiger partial charge is 0.462 e. The first-order chi connectivity index (χ1) is 9.03. The predicted octanol–water partition coefficient (Wildman–Crippen LogP) is 0.618. The van der Waals surface area contributed by atoms with Crippen LogP contribution < -0.4 is 4.72 Å². The van der Waals surface area contributed by atoms with E-state index in [-0.39, 0.29) is 17.2 Å². The second-order valence-electron chi connectivity index (χ2n) is 3.58. The van der Waals surface area contributed by atoms with E-state index in [1.807, 2.05) is 6.26 Å². The third kappa shape index (κ3) is 4.51. The van der Waals surface area contributed by atoms with Crippen molar-refractivity contribution in [3.63, 3.8) is 0 Å². The van der Waals surface area contributed by atoms with Crippen molar-refractivity contribution in [1.29, 1.82) is 0 Å². The van der Waals surface area contributed by atoms with Gasteiger partial charge in [-0.1, -0.05) is 0 Å². The van der Waals surface area contributed by atoms with E-state index < -0.39 is 16.0 Å². The minimum atomic E-state index is -3.77. The van der Waals surface area contributed by atoms with Crippen molar-refractivity contribution < 1.29 is 17.9 Å². The summed E-state index contributed by atoms with van der Waals surface area (Å²) in [5.41, 5.74) is -0.0841. The van der Waals surface area contributed by atoms with E-state index in [1.165, 1.54) is 0 Å². The second kappa shape index (κ2) is 7.51. The molecule has 1 aromatic rings. The van der Waals surface area contributed by atoms with E-state index in [0.29, 0.717) is 13.0 Å². The molecule has 0 spiro atoms. The molecule has 1 heterocycles. The number of aromatic amines is 1. The molecule has 9 heteroatoms. The van der Waals surface area contributed by atoms with E-state index in [2.05, 4.69) is 14.9 Å². The average Bonchev–Trinajstić information content (AvgIpc) is 2.85. The fourth-order valence-corrected chi connectivity index (χ4v) is 2.92. The van der Waals surface area contributed by atoms with Crippen molar-refractivity contribution in [3.05, 3.63) is 11.8 Å². The van der Waals surface area contributed by atoms with Crippen LogP contribution in [-0.4, -0.2) is 49.7 Å². The van der Waals surface area contributed by atoms with Crippen LogP contribution in [-0.2, 0) is 14.8 Å². The summed E-state index contributed by atoms with van der Waals surface area (Å²) < 4.78 is 31.2. The number of carbonyl (C=O) groups is 1. The van der Waals surface area contributed by atoms with Crippen LogP contribution in [0.2, 0.25) is 0 Å². The maximum absolute atomic E-state index is 12.0. The molecule has 1 rings (SSSR count). The Bertz CT molecular complexity index is 513. The quantitative estimate of drug-likeness (QED) is 0.539. The molecule has 108 valence electrons. The molecule has 0 aliphatic rings. The number of nitrogens with one attached hydrogen (secondary N) is 2. The summed E-state index contributed by atoms with van der Waals surface area (Å²) in [6.45, 7) is 2.13. The maximum Gasteiger partial charge on any atom is 0.342 e. The van der Waals surface area contributed by atoms with Gasteiger partial charge in [0.1, 0.15) is 5.56 Å². The number of carbonyl (C=O) groups excluding carboxylic acids is 1. The number of rotatable bonds is 8. The number of hydrogen-bond acceptors (Lipinski definition) is 6. The molecule has 0 amide bonds. The summed E-state index contributed by atoms with van der Waals surface area (Å²) >= 11 is 1.64. The van der Waals surface area contributed by atoms with Gasteiger partial charge in [-0.15, -0.1) is 0 Å². The fourth-order valence-electron chi connectivity index (χ4n) is 1.33. The smallest absolute Gasteiger partial charge is 0.342 e. The summed E-state index contributed by atoms with van der Waals surface area (Å²) in [5, 5.41) is 5.65. The topological polar surface area (TPSA) is 101 Å². The summed E-state index contributed by atoms with van der Waals surface area (Å²) in [6, 6.07) is 0. The monoisotopic (exact) mass is 307 g/mol. The Morgan fingerprint density at radius 1 is 1.58 bits per heavy atom. The van der Waals surface area contributed by atoms with Gasteiger partial charge in [0.2, 0.25) is 0 Å². The number of sulfonamides is 1. The summed E-state index contributed by atoms with van der Waals surface area (Å²) in [5.74, 6) is 0.150. The first-order valence-electron chi connectivity index (χ1n) is 5.72. The Morgan fingerprint density at radius 3 is 2.95 bits per heavy atom. The molecule has 0 atom stereocenters. The van der Waals surface area contributed by atoms with Crippen molar-refractivity contribution in [2.24, 2.45) is 0 Å². The lowest BCUT2D eigenvalue weighted by atomic mass is 10.4. The van der Waals surface area contributed by atoms with Crippen LogP contribution >= 0.6 is 11.8 Å². The molecule has 0 radical (unpaired) electrons.